The van der Waals surface area contributed by atoms with E-state index in [0.29, 0.717) is 0 Å². The van der Waals surface area contributed by atoms with Crippen molar-refractivity contribution in [3.8, 4) is 11.1 Å². The van der Waals surface area contributed by atoms with E-state index in [2.05, 4.69) is 23.3 Å². The summed E-state index contributed by atoms with van der Waals surface area (Å²) < 4.78 is 1.83. The Labute approximate surface area is 94.9 Å². The fourth-order valence-electron chi connectivity index (χ4n) is 2.40. The number of hydrogen-bond acceptors (Lipinski definition) is 2. The normalized spacial score (nSPS) is 18.8. The van der Waals surface area contributed by atoms with E-state index >= 15 is 0 Å². The summed E-state index contributed by atoms with van der Waals surface area (Å²) in [5.74, 6) is 0. The van der Waals surface area contributed by atoms with E-state index in [0.717, 1.165) is 12.8 Å². The second-order valence-corrected chi connectivity index (χ2v) is 4.46. The predicted octanol–water partition coefficient (Wildman–Crippen LogP) is 2.03. The van der Waals surface area contributed by atoms with Crippen LogP contribution in [0.4, 0.5) is 0 Å². The third-order valence-corrected chi connectivity index (χ3v) is 3.31. The molecule has 3 rings (SSSR count). The Balaban J connectivity index is 2.05. The standard InChI is InChI=1S/C13H15N3/c1-16-8-11(7-15-16)9-2-4-12-10(6-9)3-5-13(12)14/h2,4,6-8,13H,3,5,14H2,1H3. The van der Waals surface area contributed by atoms with Crippen molar-refractivity contribution in [1.82, 2.24) is 9.78 Å². The van der Waals surface area contributed by atoms with Gasteiger partial charge in [-0.15, -0.1) is 0 Å². The molecule has 0 aliphatic heterocycles. The smallest absolute Gasteiger partial charge is 0.0568 e. The summed E-state index contributed by atoms with van der Waals surface area (Å²) in [5, 5.41) is 4.19. The van der Waals surface area contributed by atoms with Crippen molar-refractivity contribution in [3.63, 3.8) is 0 Å². The Morgan fingerprint density at radius 2 is 2.25 bits per heavy atom. The van der Waals surface area contributed by atoms with Gasteiger partial charge in [0.05, 0.1) is 6.20 Å². The second kappa shape index (κ2) is 3.46. The van der Waals surface area contributed by atoms with Gasteiger partial charge in [0.1, 0.15) is 0 Å². The van der Waals surface area contributed by atoms with Crippen molar-refractivity contribution < 1.29 is 0 Å². The average Bonchev–Trinajstić information content (AvgIpc) is 2.86. The van der Waals surface area contributed by atoms with E-state index in [9.17, 15) is 0 Å². The molecule has 2 aromatic rings. The summed E-state index contributed by atoms with van der Waals surface area (Å²) in [4.78, 5) is 0. The fraction of sp³-hybridized carbons (Fsp3) is 0.308. The van der Waals surface area contributed by atoms with Gasteiger partial charge in [-0.1, -0.05) is 18.2 Å². The van der Waals surface area contributed by atoms with Crippen molar-refractivity contribution >= 4 is 0 Å². The first kappa shape index (κ1) is 9.60. The predicted molar refractivity (Wildman–Crippen MR) is 63.9 cm³/mol. The lowest BCUT2D eigenvalue weighted by atomic mass is 10.0. The van der Waals surface area contributed by atoms with E-state index < -0.39 is 0 Å². The first-order valence-electron chi connectivity index (χ1n) is 5.61. The van der Waals surface area contributed by atoms with E-state index in [1.807, 2.05) is 24.1 Å². The maximum absolute atomic E-state index is 6.02. The molecule has 0 radical (unpaired) electrons. The minimum Gasteiger partial charge on any atom is -0.324 e. The molecule has 82 valence electrons. The molecule has 1 unspecified atom stereocenters. The molecule has 0 saturated heterocycles. The number of benzene rings is 1. The molecule has 16 heavy (non-hydrogen) atoms. The summed E-state index contributed by atoms with van der Waals surface area (Å²) in [5.41, 5.74) is 11.1. The number of rotatable bonds is 1. The molecule has 0 amide bonds. The fourth-order valence-corrected chi connectivity index (χ4v) is 2.40. The van der Waals surface area contributed by atoms with Crippen LogP contribution in [0.15, 0.2) is 30.6 Å². The van der Waals surface area contributed by atoms with Crippen molar-refractivity contribution in [2.45, 2.75) is 18.9 Å². The van der Waals surface area contributed by atoms with Gasteiger partial charge in [0.2, 0.25) is 0 Å². The first-order chi connectivity index (χ1) is 7.74. The largest absolute Gasteiger partial charge is 0.324 e. The Kier molecular flexibility index (Phi) is 2.07. The van der Waals surface area contributed by atoms with Crippen molar-refractivity contribution in [2.24, 2.45) is 12.8 Å². The summed E-state index contributed by atoms with van der Waals surface area (Å²) in [6.45, 7) is 0. The molecular weight excluding hydrogens is 198 g/mol. The van der Waals surface area contributed by atoms with E-state index in [4.69, 9.17) is 5.73 Å². The third kappa shape index (κ3) is 1.44. The van der Waals surface area contributed by atoms with Gasteiger partial charge in [0, 0.05) is 24.8 Å². The average molecular weight is 213 g/mol. The molecule has 1 aromatic carbocycles. The van der Waals surface area contributed by atoms with Crippen molar-refractivity contribution in [3.05, 3.63) is 41.7 Å². The number of nitrogens with two attached hydrogens (primary N) is 1. The van der Waals surface area contributed by atoms with Gasteiger partial charge in [-0.3, -0.25) is 4.68 Å². The van der Waals surface area contributed by atoms with E-state index in [-0.39, 0.29) is 6.04 Å². The van der Waals surface area contributed by atoms with Crippen LogP contribution >= 0.6 is 0 Å². The van der Waals surface area contributed by atoms with Crippen LogP contribution < -0.4 is 5.73 Å². The number of fused-ring (bicyclic) bond motifs is 1. The van der Waals surface area contributed by atoms with Crippen molar-refractivity contribution in [1.29, 1.82) is 0 Å². The molecule has 3 nitrogen and oxygen atoms in total. The van der Waals surface area contributed by atoms with Crippen LogP contribution in [0.2, 0.25) is 0 Å². The summed E-state index contributed by atoms with van der Waals surface area (Å²) in [6, 6.07) is 6.79. The maximum Gasteiger partial charge on any atom is 0.0568 e. The zero-order valence-corrected chi connectivity index (χ0v) is 9.35. The highest BCUT2D eigenvalue weighted by atomic mass is 15.2. The lowest BCUT2D eigenvalue weighted by Crippen LogP contribution is -2.04. The number of aromatic nitrogens is 2. The summed E-state index contributed by atoms with van der Waals surface area (Å²) in [6.07, 6.45) is 6.11. The topological polar surface area (TPSA) is 43.8 Å². The Hall–Kier alpha value is -1.61. The SMILES string of the molecule is Cn1cc(-c2ccc3c(c2)CCC3N)cn1. The molecule has 0 fully saturated rings. The molecule has 1 heterocycles. The molecule has 2 N–H and O–H groups in total. The molecule has 3 heteroatoms. The van der Waals surface area contributed by atoms with Gasteiger partial charge in [-0.25, -0.2) is 0 Å². The molecule has 0 bridgehead atoms. The number of hydrogen-bond donors (Lipinski definition) is 1. The van der Waals surface area contributed by atoms with E-state index in [1.54, 1.807) is 0 Å². The second-order valence-electron chi connectivity index (χ2n) is 4.46. The molecule has 1 aliphatic rings. The molecule has 1 aliphatic carbocycles. The van der Waals surface area contributed by atoms with Gasteiger partial charge in [0.25, 0.3) is 0 Å². The van der Waals surface area contributed by atoms with Crippen LogP contribution in [-0.4, -0.2) is 9.78 Å². The molecule has 1 aromatic heterocycles. The molecule has 0 spiro atoms. The van der Waals surface area contributed by atoms with Crippen LogP contribution in [0, 0.1) is 0 Å². The number of nitrogens with zero attached hydrogens (tertiary/aromatic N) is 2. The van der Waals surface area contributed by atoms with Gasteiger partial charge in [-0.05, 0) is 29.5 Å². The van der Waals surface area contributed by atoms with Crippen LogP contribution in [0.5, 0.6) is 0 Å². The lowest BCUT2D eigenvalue weighted by Gasteiger charge is -2.05. The van der Waals surface area contributed by atoms with Crippen LogP contribution in [0.1, 0.15) is 23.6 Å². The molecular formula is C13H15N3. The highest BCUT2D eigenvalue weighted by molar-refractivity contribution is 5.64. The highest BCUT2D eigenvalue weighted by Gasteiger charge is 2.19. The summed E-state index contributed by atoms with van der Waals surface area (Å²) >= 11 is 0. The Morgan fingerprint density at radius 3 is 3.00 bits per heavy atom. The molecule has 0 saturated carbocycles. The minimum absolute atomic E-state index is 0.234. The van der Waals surface area contributed by atoms with Gasteiger partial charge < -0.3 is 5.73 Å². The number of aryl methyl sites for hydroxylation is 2. The van der Waals surface area contributed by atoms with E-state index in [1.165, 1.54) is 22.3 Å². The van der Waals surface area contributed by atoms with Crippen LogP contribution in [-0.2, 0) is 13.5 Å². The first-order valence-corrected chi connectivity index (χ1v) is 5.61. The minimum atomic E-state index is 0.234. The Bertz CT molecular complexity index is 528. The van der Waals surface area contributed by atoms with Gasteiger partial charge >= 0.3 is 0 Å². The monoisotopic (exact) mass is 213 g/mol. The zero-order valence-electron chi connectivity index (χ0n) is 9.35. The Morgan fingerprint density at radius 1 is 1.38 bits per heavy atom. The van der Waals surface area contributed by atoms with Gasteiger partial charge in [-0.2, -0.15) is 5.10 Å². The lowest BCUT2D eigenvalue weighted by molar-refractivity contribution is 0.713. The van der Waals surface area contributed by atoms with Gasteiger partial charge in [0.15, 0.2) is 0 Å². The highest BCUT2D eigenvalue weighted by Crippen LogP contribution is 2.32. The summed E-state index contributed by atoms with van der Waals surface area (Å²) in [7, 11) is 1.94. The van der Waals surface area contributed by atoms with Crippen molar-refractivity contribution in [2.75, 3.05) is 0 Å². The quantitative estimate of drug-likeness (QED) is 0.787. The van der Waals surface area contributed by atoms with Crippen LogP contribution in [0.3, 0.4) is 0 Å². The zero-order chi connectivity index (χ0) is 11.1. The molecule has 1 atom stereocenters. The van der Waals surface area contributed by atoms with Crippen LogP contribution in [0.25, 0.3) is 11.1 Å². The maximum atomic E-state index is 6.02. The third-order valence-electron chi connectivity index (χ3n) is 3.31.